The van der Waals surface area contributed by atoms with Crippen LogP contribution in [0.15, 0.2) is 41.1 Å². The molecule has 2 rings (SSSR count). The Bertz CT molecular complexity index is 688. The molecule has 0 aliphatic heterocycles. The van der Waals surface area contributed by atoms with Crippen molar-refractivity contribution in [3.63, 3.8) is 0 Å². The average Bonchev–Trinajstić information content (AvgIpc) is 2.38. The van der Waals surface area contributed by atoms with Crippen LogP contribution in [0.5, 0.6) is 11.5 Å². The highest BCUT2D eigenvalue weighted by molar-refractivity contribution is 9.10. The van der Waals surface area contributed by atoms with Crippen LogP contribution in [-0.2, 0) is 0 Å². The molecule has 7 heteroatoms. The third-order valence-corrected chi connectivity index (χ3v) is 2.89. The first-order valence-electron chi connectivity index (χ1n) is 5.55. The molecule has 0 saturated heterocycles. The van der Waals surface area contributed by atoms with Gasteiger partial charge >= 0.3 is 0 Å². The highest BCUT2D eigenvalue weighted by atomic mass is 79.9. The summed E-state index contributed by atoms with van der Waals surface area (Å²) in [5, 5.41) is 10.8. The van der Waals surface area contributed by atoms with Gasteiger partial charge in [-0.2, -0.15) is 0 Å². The first kappa shape index (κ1) is 14.1. The van der Waals surface area contributed by atoms with Crippen LogP contribution >= 0.6 is 15.9 Å². The number of carbonyl (C=O) groups excluding carboxylic acids is 1. The van der Waals surface area contributed by atoms with Crippen molar-refractivity contribution in [3.05, 3.63) is 56.8 Å². The Kier molecular flexibility index (Phi) is 4.09. The lowest BCUT2D eigenvalue weighted by Crippen LogP contribution is -2.00. The monoisotopic (exact) mass is 336 g/mol. The van der Waals surface area contributed by atoms with Gasteiger partial charge in [0.25, 0.3) is 5.69 Å². The van der Waals surface area contributed by atoms with Gasteiger partial charge in [0.1, 0.15) is 11.5 Å². The van der Waals surface area contributed by atoms with Gasteiger partial charge in [0.05, 0.1) is 16.7 Å². The number of benzene rings is 1. The van der Waals surface area contributed by atoms with E-state index in [-0.39, 0.29) is 11.3 Å². The number of nitro benzene ring substituents is 1. The number of carbonyl (C=O) groups is 1. The maximum atomic E-state index is 11.4. The number of ether oxygens (including phenoxy) is 1. The second kappa shape index (κ2) is 5.79. The SMILES string of the molecule is CC(=O)c1cc(Oc2cncc(Br)c2)ccc1[N+](=O)[O-]. The number of hydrogen-bond donors (Lipinski definition) is 0. The quantitative estimate of drug-likeness (QED) is 0.482. The Hall–Kier alpha value is -2.28. The van der Waals surface area contributed by atoms with E-state index in [2.05, 4.69) is 20.9 Å². The van der Waals surface area contributed by atoms with E-state index in [9.17, 15) is 14.9 Å². The number of halogens is 1. The Morgan fingerprint density at radius 1 is 1.30 bits per heavy atom. The molecule has 1 aromatic heterocycles. The topological polar surface area (TPSA) is 82.3 Å². The van der Waals surface area contributed by atoms with E-state index < -0.39 is 10.7 Å². The van der Waals surface area contributed by atoms with E-state index in [0.29, 0.717) is 11.5 Å². The molecule has 2 aromatic rings. The van der Waals surface area contributed by atoms with Gasteiger partial charge in [-0.1, -0.05) is 0 Å². The molecule has 0 N–H and O–H groups in total. The smallest absolute Gasteiger partial charge is 0.280 e. The van der Waals surface area contributed by atoms with Crippen molar-refractivity contribution in [1.82, 2.24) is 4.98 Å². The molecule has 0 bridgehead atoms. The summed E-state index contributed by atoms with van der Waals surface area (Å²) in [6, 6.07) is 5.73. The van der Waals surface area contributed by atoms with Gasteiger partial charge in [-0.15, -0.1) is 0 Å². The fraction of sp³-hybridized carbons (Fsp3) is 0.0769. The Labute approximate surface area is 122 Å². The lowest BCUT2D eigenvalue weighted by molar-refractivity contribution is -0.385. The standard InChI is InChI=1S/C13H9BrN2O4/c1-8(17)12-5-10(2-3-13(12)16(18)19)20-11-4-9(14)6-15-7-11/h2-7H,1H3. The fourth-order valence-corrected chi connectivity index (χ4v) is 1.95. The number of rotatable bonds is 4. The maximum Gasteiger partial charge on any atom is 0.280 e. The van der Waals surface area contributed by atoms with Crippen LogP contribution in [0.4, 0.5) is 5.69 Å². The second-order valence-electron chi connectivity index (χ2n) is 3.93. The first-order chi connectivity index (χ1) is 9.47. The minimum absolute atomic E-state index is 0.00968. The number of ketones is 1. The number of pyridine rings is 1. The molecule has 0 aliphatic rings. The third kappa shape index (κ3) is 3.18. The molecule has 6 nitrogen and oxygen atoms in total. The van der Waals surface area contributed by atoms with Crippen LogP contribution in [0.2, 0.25) is 0 Å². The van der Waals surface area contributed by atoms with Gasteiger partial charge in [0, 0.05) is 16.7 Å². The van der Waals surface area contributed by atoms with Crippen molar-refractivity contribution < 1.29 is 14.5 Å². The van der Waals surface area contributed by atoms with E-state index >= 15 is 0 Å². The fourth-order valence-electron chi connectivity index (χ4n) is 1.60. The highest BCUT2D eigenvalue weighted by Crippen LogP contribution is 2.28. The molecule has 1 heterocycles. The van der Waals surface area contributed by atoms with Crippen LogP contribution in [-0.4, -0.2) is 15.7 Å². The summed E-state index contributed by atoms with van der Waals surface area (Å²) in [5.74, 6) is 0.401. The average molecular weight is 337 g/mol. The van der Waals surface area contributed by atoms with E-state index in [1.54, 1.807) is 12.3 Å². The van der Waals surface area contributed by atoms with Crippen molar-refractivity contribution >= 4 is 27.4 Å². The summed E-state index contributed by atoms with van der Waals surface area (Å²) in [6.45, 7) is 1.27. The zero-order valence-electron chi connectivity index (χ0n) is 10.4. The molecule has 1 aromatic carbocycles. The molecule has 0 aliphatic carbocycles. The number of nitro groups is 1. The number of hydrogen-bond acceptors (Lipinski definition) is 5. The normalized spacial score (nSPS) is 10.1. The van der Waals surface area contributed by atoms with Crippen LogP contribution < -0.4 is 4.74 Å². The van der Waals surface area contributed by atoms with Crippen LogP contribution in [0, 0.1) is 10.1 Å². The van der Waals surface area contributed by atoms with Crippen molar-refractivity contribution in [3.8, 4) is 11.5 Å². The van der Waals surface area contributed by atoms with Gasteiger partial charge < -0.3 is 4.74 Å². The predicted molar refractivity (Wildman–Crippen MR) is 75.1 cm³/mol. The zero-order valence-corrected chi connectivity index (χ0v) is 12.0. The number of Topliss-reactive ketones (excluding diaryl/α,β-unsaturated/α-hetero) is 1. The van der Waals surface area contributed by atoms with Gasteiger partial charge in [0.15, 0.2) is 5.78 Å². The van der Waals surface area contributed by atoms with Crippen LogP contribution in [0.3, 0.4) is 0 Å². The molecule has 0 saturated carbocycles. The van der Waals surface area contributed by atoms with Crippen molar-refractivity contribution in [2.45, 2.75) is 6.92 Å². The predicted octanol–water partition coefficient (Wildman–Crippen LogP) is 3.75. The number of aromatic nitrogens is 1. The van der Waals surface area contributed by atoms with E-state index in [1.807, 2.05) is 0 Å². The molecule has 0 atom stereocenters. The Morgan fingerprint density at radius 2 is 2.05 bits per heavy atom. The van der Waals surface area contributed by atoms with Crippen molar-refractivity contribution in [1.29, 1.82) is 0 Å². The van der Waals surface area contributed by atoms with Crippen LogP contribution in [0.25, 0.3) is 0 Å². The molecule has 0 radical (unpaired) electrons. The molecule has 20 heavy (non-hydrogen) atoms. The molecular formula is C13H9BrN2O4. The molecular weight excluding hydrogens is 328 g/mol. The largest absolute Gasteiger partial charge is 0.456 e. The van der Waals surface area contributed by atoms with Crippen molar-refractivity contribution in [2.24, 2.45) is 0 Å². The summed E-state index contributed by atoms with van der Waals surface area (Å²) in [6.07, 6.45) is 3.10. The molecule has 0 fully saturated rings. The highest BCUT2D eigenvalue weighted by Gasteiger charge is 2.18. The first-order valence-corrected chi connectivity index (χ1v) is 6.34. The van der Waals surface area contributed by atoms with E-state index in [4.69, 9.17) is 4.74 Å². The Balaban J connectivity index is 2.36. The van der Waals surface area contributed by atoms with Gasteiger partial charge in [-0.3, -0.25) is 19.9 Å². The lowest BCUT2D eigenvalue weighted by atomic mass is 10.1. The van der Waals surface area contributed by atoms with Crippen molar-refractivity contribution in [2.75, 3.05) is 0 Å². The second-order valence-corrected chi connectivity index (χ2v) is 4.85. The summed E-state index contributed by atoms with van der Waals surface area (Å²) in [7, 11) is 0. The van der Waals surface area contributed by atoms with E-state index in [0.717, 1.165) is 4.47 Å². The lowest BCUT2D eigenvalue weighted by Gasteiger charge is -2.07. The molecule has 0 amide bonds. The number of nitrogens with zero attached hydrogens (tertiary/aromatic N) is 2. The van der Waals surface area contributed by atoms with Gasteiger partial charge in [-0.25, -0.2) is 0 Å². The zero-order chi connectivity index (χ0) is 14.7. The van der Waals surface area contributed by atoms with E-state index in [1.165, 1.54) is 31.3 Å². The maximum absolute atomic E-state index is 11.4. The van der Waals surface area contributed by atoms with Gasteiger partial charge in [-0.05, 0) is 41.1 Å². The molecule has 0 spiro atoms. The Morgan fingerprint density at radius 3 is 2.65 bits per heavy atom. The van der Waals surface area contributed by atoms with Gasteiger partial charge in [0.2, 0.25) is 0 Å². The minimum Gasteiger partial charge on any atom is -0.456 e. The molecule has 102 valence electrons. The van der Waals surface area contributed by atoms with Crippen LogP contribution in [0.1, 0.15) is 17.3 Å². The third-order valence-electron chi connectivity index (χ3n) is 2.46. The summed E-state index contributed by atoms with van der Waals surface area (Å²) >= 11 is 3.26. The summed E-state index contributed by atoms with van der Waals surface area (Å²) < 4.78 is 6.26. The summed E-state index contributed by atoms with van der Waals surface area (Å²) in [4.78, 5) is 25.6. The summed E-state index contributed by atoms with van der Waals surface area (Å²) in [5.41, 5.74) is -0.229. The minimum atomic E-state index is -0.596. The molecule has 0 unspecified atom stereocenters.